The van der Waals surface area contributed by atoms with Gasteiger partial charge in [0, 0.05) is 19.0 Å². The number of hydrogen-bond donors (Lipinski definition) is 1. The zero-order valence-corrected chi connectivity index (χ0v) is 15.5. The van der Waals surface area contributed by atoms with Crippen LogP contribution in [0, 0.1) is 6.92 Å². The van der Waals surface area contributed by atoms with E-state index in [0.29, 0.717) is 19.0 Å². The lowest BCUT2D eigenvalue weighted by atomic mass is 9.97. The van der Waals surface area contributed by atoms with Crippen molar-refractivity contribution in [3.05, 3.63) is 41.5 Å². The van der Waals surface area contributed by atoms with E-state index < -0.39 is 0 Å². The van der Waals surface area contributed by atoms with Crippen molar-refractivity contribution in [1.82, 2.24) is 10.2 Å². The molecule has 0 bridgehead atoms. The van der Waals surface area contributed by atoms with Crippen molar-refractivity contribution in [2.45, 2.75) is 45.7 Å². The second kappa shape index (κ2) is 7.87. The van der Waals surface area contributed by atoms with Gasteiger partial charge < -0.3 is 15.0 Å². The van der Waals surface area contributed by atoms with E-state index in [2.05, 4.69) is 41.4 Å². The topological polar surface area (TPSA) is 41.6 Å². The fourth-order valence-electron chi connectivity index (χ4n) is 3.72. The van der Waals surface area contributed by atoms with Gasteiger partial charge in [0.1, 0.15) is 5.75 Å². The number of hydrogen-bond acceptors (Lipinski definition) is 3. The lowest BCUT2D eigenvalue weighted by Gasteiger charge is -2.35. The summed E-state index contributed by atoms with van der Waals surface area (Å²) in [5.41, 5.74) is 2.46. The standard InChI is InChI=1S/C21H28N2O2/c1-4-21(24)23(18-9-11-22-12-10-18)14-17-6-5-16-7-8-19(25-3)13-20(16)15(17)2/h5-8,13,18,22H,4,9-12,14H2,1-3H3. The Bertz CT molecular complexity index is 751. The van der Waals surface area contributed by atoms with Crippen molar-refractivity contribution in [2.24, 2.45) is 0 Å². The maximum absolute atomic E-state index is 12.6. The highest BCUT2D eigenvalue weighted by Crippen LogP contribution is 2.28. The van der Waals surface area contributed by atoms with Gasteiger partial charge in [-0.05, 0) is 66.9 Å². The summed E-state index contributed by atoms with van der Waals surface area (Å²) in [4.78, 5) is 14.7. The Morgan fingerprint density at radius 2 is 1.96 bits per heavy atom. The van der Waals surface area contributed by atoms with E-state index in [4.69, 9.17) is 4.74 Å². The fourth-order valence-corrected chi connectivity index (χ4v) is 3.72. The first-order valence-corrected chi connectivity index (χ1v) is 9.20. The van der Waals surface area contributed by atoms with Crippen LogP contribution in [-0.2, 0) is 11.3 Å². The largest absolute Gasteiger partial charge is 0.497 e. The Balaban J connectivity index is 1.93. The van der Waals surface area contributed by atoms with Crippen molar-refractivity contribution >= 4 is 16.7 Å². The first-order chi connectivity index (χ1) is 12.1. The van der Waals surface area contributed by atoms with E-state index in [1.807, 2.05) is 13.0 Å². The van der Waals surface area contributed by atoms with Crippen molar-refractivity contribution in [3.8, 4) is 5.75 Å². The molecule has 0 unspecified atom stereocenters. The molecule has 1 aliphatic rings. The van der Waals surface area contributed by atoms with Crippen LogP contribution in [0.4, 0.5) is 0 Å². The van der Waals surface area contributed by atoms with Gasteiger partial charge in [0.25, 0.3) is 0 Å². The predicted octanol–water partition coefficient (Wildman–Crippen LogP) is 3.65. The van der Waals surface area contributed by atoms with Gasteiger partial charge in [0.05, 0.1) is 7.11 Å². The van der Waals surface area contributed by atoms with Crippen LogP contribution in [0.5, 0.6) is 5.75 Å². The molecule has 2 aromatic carbocycles. The Morgan fingerprint density at radius 3 is 2.64 bits per heavy atom. The van der Waals surface area contributed by atoms with Crippen LogP contribution in [0.25, 0.3) is 10.8 Å². The lowest BCUT2D eigenvalue weighted by Crippen LogP contribution is -2.45. The molecule has 4 nitrogen and oxygen atoms in total. The Labute approximate surface area is 150 Å². The molecule has 0 spiro atoms. The Morgan fingerprint density at radius 1 is 1.24 bits per heavy atom. The first kappa shape index (κ1) is 17.7. The molecule has 2 aromatic rings. The lowest BCUT2D eigenvalue weighted by molar-refractivity contribution is -0.134. The van der Waals surface area contributed by atoms with E-state index in [1.54, 1.807) is 7.11 Å². The predicted molar refractivity (Wildman–Crippen MR) is 102 cm³/mol. The number of ether oxygens (including phenoxy) is 1. The molecule has 1 amide bonds. The number of rotatable bonds is 5. The molecule has 3 rings (SSSR count). The van der Waals surface area contributed by atoms with Crippen LogP contribution in [0.2, 0.25) is 0 Å². The van der Waals surface area contributed by atoms with Crippen LogP contribution < -0.4 is 10.1 Å². The third-order valence-corrected chi connectivity index (χ3v) is 5.32. The minimum absolute atomic E-state index is 0.247. The third kappa shape index (κ3) is 3.79. The molecule has 1 aliphatic heterocycles. The van der Waals surface area contributed by atoms with Gasteiger partial charge in [-0.25, -0.2) is 0 Å². The summed E-state index contributed by atoms with van der Waals surface area (Å²) in [6.07, 6.45) is 2.63. The molecule has 0 aliphatic carbocycles. The summed E-state index contributed by atoms with van der Waals surface area (Å²) in [7, 11) is 1.69. The molecule has 1 N–H and O–H groups in total. The molecule has 0 radical (unpaired) electrons. The quantitative estimate of drug-likeness (QED) is 0.903. The van der Waals surface area contributed by atoms with E-state index >= 15 is 0 Å². The minimum atomic E-state index is 0.247. The van der Waals surface area contributed by atoms with E-state index in [1.165, 1.54) is 21.9 Å². The highest BCUT2D eigenvalue weighted by atomic mass is 16.5. The van der Waals surface area contributed by atoms with Gasteiger partial charge in [-0.2, -0.15) is 0 Å². The number of carbonyl (C=O) groups is 1. The summed E-state index contributed by atoms with van der Waals surface area (Å²) in [5, 5.41) is 5.79. The third-order valence-electron chi connectivity index (χ3n) is 5.32. The summed E-state index contributed by atoms with van der Waals surface area (Å²) in [6, 6.07) is 10.8. The highest BCUT2D eigenvalue weighted by molar-refractivity contribution is 5.88. The molecule has 0 atom stereocenters. The van der Waals surface area contributed by atoms with Crippen LogP contribution in [0.3, 0.4) is 0 Å². The fraction of sp³-hybridized carbons (Fsp3) is 0.476. The smallest absolute Gasteiger partial charge is 0.222 e. The maximum atomic E-state index is 12.6. The minimum Gasteiger partial charge on any atom is -0.497 e. The van der Waals surface area contributed by atoms with Gasteiger partial charge in [0.15, 0.2) is 0 Å². The Kier molecular flexibility index (Phi) is 5.59. The monoisotopic (exact) mass is 340 g/mol. The molecule has 25 heavy (non-hydrogen) atoms. The number of amides is 1. The number of aryl methyl sites for hydroxylation is 1. The molecule has 0 saturated carbocycles. The van der Waals surface area contributed by atoms with Crippen LogP contribution in [0.15, 0.2) is 30.3 Å². The van der Waals surface area contributed by atoms with E-state index in [-0.39, 0.29) is 5.91 Å². The summed E-state index contributed by atoms with van der Waals surface area (Å²) >= 11 is 0. The molecule has 4 heteroatoms. The molecule has 1 fully saturated rings. The second-order valence-corrected chi connectivity index (χ2v) is 6.79. The number of benzene rings is 2. The normalized spacial score (nSPS) is 15.3. The molecule has 0 aromatic heterocycles. The van der Waals surface area contributed by atoms with Gasteiger partial charge in [-0.1, -0.05) is 25.1 Å². The van der Waals surface area contributed by atoms with Gasteiger partial charge in [0.2, 0.25) is 5.91 Å². The number of methoxy groups -OCH3 is 1. The summed E-state index contributed by atoms with van der Waals surface area (Å²) < 4.78 is 5.38. The van der Waals surface area contributed by atoms with Crippen molar-refractivity contribution < 1.29 is 9.53 Å². The van der Waals surface area contributed by atoms with Gasteiger partial charge in [-0.3, -0.25) is 4.79 Å². The zero-order valence-electron chi connectivity index (χ0n) is 15.5. The SMILES string of the molecule is CCC(=O)N(Cc1ccc2ccc(OC)cc2c1C)C1CCNCC1. The second-order valence-electron chi connectivity index (χ2n) is 6.79. The maximum Gasteiger partial charge on any atom is 0.222 e. The average Bonchev–Trinajstić information content (AvgIpc) is 2.67. The van der Waals surface area contributed by atoms with Gasteiger partial charge >= 0.3 is 0 Å². The zero-order chi connectivity index (χ0) is 17.8. The number of carbonyl (C=O) groups excluding carboxylic acids is 1. The summed E-state index contributed by atoms with van der Waals surface area (Å²) in [6.45, 7) is 6.77. The van der Waals surface area contributed by atoms with Crippen molar-refractivity contribution in [2.75, 3.05) is 20.2 Å². The van der Waals surface area contributed by atoms with Crippen LogP contribution in [-0.4, -0.2) is 37.0 Å². The van der Waals surface area contributed by atoms with Crippen molar-refractivity contribution in [3.63, 3.8) is 0 Å². The number of nitrogens with zero attached hydrogens (tertiary/aromatic N) is 1. The van der Waals surface area contributed by atoms with Crippen LogP contribution >= 0.6 is 0 Å². The Hall–Kier alpha value is -2.07. The van der Waals surface area contributed by atoms with Crippen LogP contribution in [0.1, 0.15) is 37.3 Å². The first-order valence-electron chi connectivity index (χ1n) is 9.20. The highest BCUT2D eigenvalue weighted by Gasteiger charge is 2.25. The molecular weight excluding hydrogens is 312 g/mol. The van der Waals surface area contributed by atoms with Crippen molar-refractivity contribution in [1.29, 1.82) is 0 Å². The van der Waals surface area contributed by atoms with E-state index in [0.717, 1.165) is 31.7 Å². The molecule has 1 saturated heterocycles. The number of piperidine rings is 1. The average molecular weight is 340 g/mol. The molecule has 134 valence electrons. The van der Waals surface area contributed by atoms with E-state index in [9.17, 15) is 4.79 Å². The molecule has 1 heterocycles. The number of nitrogens with one attached hydrogen (secondary N) is 1. The molecular formula is C21H28N2O2. The number of fused-ring (bicyclic) bond motifs is 1. The summed E-state index contributed by atoms with van der Waals surface area (Å²) in [5.74, 6) is 1.12. The van der Waals surface area contributed by atoms with Gasteiger partial charge in [-0.15, -0.1) is 0 Å².